The summed E-state index contributed by atoms with van der Waals surface area (Å²) in [5.74, 6) is 0.864. The van der Waals surface area contributed by atoms with Gasteiger partial charge in [0.15, 0.2) is 0 Å². The van der Waals surface area contributed by atoms with Crippen molar-refractivity contribution in [2.45, 2.75) is 26.8 Å². The molecule has 5 heteroatoms. The maximum atomic E-state index is 5.94. The summed E-state index contributed by atoms with van der Waals surface area (Å²) < 4.78 is 2.77. The van der Waals surface area contributed by atoms with E-state index in [1.807, 2.05) is 11.6 Å². The maximum absolute atomic E-state index is 5.94. The van der Waals surface area contributed by atoms with E-state index in [0.29, 0.717) is 12.2 Å². The molecular formula is C10H17BrN4. The number of aryl methyl sites for hydroxylation is 1. The molecule has 0 aromatic carbocycles. The Bertz CT molecular complexity index is 368. The largest absolute Gasteiger partial charge is 0.394 e. The van der Waals surface area contributed by atoms with Crippen molar-refractivity contribution in [3.63, 3.8) is 0 Å². The van der Waals surface area contributed by atoms with Crippen LogP contribution in [0.2, 0.25) is 0 Å². The number of aromatic nitrogens is 2. The molecule has 84 valence electrons. The number of anilines is 2. The van der Waals surface area contributed by atoms with E-state index in [1.165, 1.54) is 0 Å². The molecule has 0 fully saturated rings. The highest BCUT2D eigenvalue weighted by Gasteiger charge is 2.13. The van der Waals surface area contributed by atoms with Crippen molar-refractivity contribution in [1.29, 1.82) is 0 Å². The minimum atomic E-state index is 0.284. The Morgan fingerprint density at radius 3 is 2.73 bits per heavy atom. The second-order valence-electron chi connectivity index (χ2n) is 3.76. The Balaban J connectivity index is 2.97. The summed E-state index contributed by atoms with van der Waals surface area (Å²) >= 11 is 3.30. The lowest BCUT2D eigenvalue weighted by molar-refractivity contribution is 0.535. The summed E-state index contributed by atoms with van der Waals surface area (Å²) in [5.41, 5.74) is 7.50. The second-order valence-corrected chi connectivity index (χ2v) is 4.88. The molecule has 3 N–H and O–H groups in total. The smallest absolute Gasteiger partial charge is 0.148 e. The van der Waals surface area contributed by atoms with E-state index in [2.05, 4.69) is 46.8 Å². The van der Waals surface area contributed by atoms with Gasteiger partial charge in [-0.25, -0.2) is 4.68 Å². The lowest BCUT2D eigenvalue weighted by atomic mass is 10.3. The van der Waals surface area contributed by atoms with Crippen molar-refractivity contribution in [2.75, 3.05) is 17.6 Å². The molecule has 1 heterocycles. The van der Waals surface area contributed by atoms with Crippen LogP contribution in [0.25, 0.3) is 0 Å². The van der Waals surface area contributed by atoms with Crippen molar-refractivity contribution in [3.8, 4) is 0 Å². The van der Waals surface area contributed by atoms with Crippen LogP contribution in [0.4, 0.5) is 11.5 Å². The Morgan fingerprint density at radius 1 is 1.67 bits per heavy atom. The molecule has 0 saturated carbocycles. The molecule has 0 aliphatic carbocycles. The lowest BCUT2D eigenvalue weighted by Crippen LogP contribution is -2.11. The number of nitrogens with two attached hydrogens (primary N) is 1. The van der Waals surface area contributed by atoms with E-state index in [1.54, 1.807) is 0 Å². The van der Waals surface area contributed by atoms with Gasteiger partial charge in [-0.2, -0.15) is 5.10 Å². The zero-order valence-electron chi connectivity index (χ0n) is 9.34. The van der Waals surface area contributed by atoms with Gasteiger partial charge in [0.1, 0.15) is 5.82 Å². The van der Waals surface area contributed by atoms with Gasteiger partial charge in [0, 0.05) is 17.1 Å². The molecule has 0 bridgehead atoms. The second kappa shape index (κ2) is 4.70. The monoisotopic (exact) mass is 272 g/mol. The number of halogens is 1. The van der Waals surface area contributed by atoms with Crippen LogP contribution in [0.3, 0.4) is 0 Å². The molecule has 0 unspecified atom stereocenters. The van der Waals surface area contributed by atoms with Crippen molar-refractivity contribution < 1.29 is 0 Å². The molecule has 15 heavy (non-hydrogen) atoms. The minimum absolute atomic E-state index is 0.284. The van der Waals surface area contributed by atoms with Crippen LogP contribution in [0.15, 0.2) is 11.1 Å². The third kappa shape index (κ3) is 2.75. The van der Waals surface area contributed by atoms with Gasteiger partial charge in [-0.05, 0) is 20.8 Å². The van der Waals surface area contributed by atoms with Crippen LogP contribution < -0.4 is 11.1 Å². The highest BCUT2D eigenvalue weighted by Crippen LogP contribution is 2.25. The Hall–Kier alpha value is -0.970. The first-order chi connectivity index (χ1) is 6.93. The third-order valence-electron chi connectivity index (χ3n) is 2.07. The number of hydrogen-bond donors (Lipinski definition) is 2. The van der Waals surface area contributed by atoms with Crippen molar-refractivity contribution in [3.05, 3.63) is 16.8 Å². The summed E-state index contributed by atoms with van der Waals surface area (Å²) in [6, 6.07) is 0.284. The standard InChI is InChI=1S/C10H17BrN4/c1-6(2)15-10(13-5-7(3)11)9(12)8(4)14-15/h6,13H,3,5,12H2,1-2,4H3. The van der Waals surface area contributed by atoms with E-state index in [4.69, 9.17) is 5.73 Å². The first kappa shape index (κ1) is 12.1. The third-order valence-corrected chi connectivity index (χ3v) is 2.35. The number of nitrogens with zero attached hydrogens (tertiary/aromatic N) is 2. The molecule has 4 nitrogen and oxygen atoms in total. The highest BCUT2D eigenvalue weighted by molar-refractivity contribution is 9.11. The summed E-state index contributed by atoms with van der Waals surface area (Å²) in [6.07, 6.45) is 0. The first-order valence-corrected chi connectivity index (χ1v) is 5.64. The lowest BCUT2D eigenvalue weighted by Gasteiger charge is -2.12. The van der Waals surface area contributed by atoms with E-state index >= 15 is 0 Å². The molecule has 0 radical (unpaired) electrons. The van der Waals surface area contributed by atoms with Crippen LogP contribution in [0, 0.1) is 6.92 Å². The van der Waals surface area contributed by atoms with Crippen LogP contribution in [-0.2, 0) is 0 Å². The van der Waals surface area contributed by atoms with Crippen LogP contribution in [-0.4, -0.2) is 16.3 Å². The van der Waals surface area contributed by atoms with Gasteiger partial charge >= 0.3 is 0 Å². The quantitative estimate of drug-likeness (QED) is 0.886. The molecule has 0 spiro atoms. The number of rotatable bonds is 4. The molecule has 0 amide bonds. The molecular weight excluding hydrogens is 256 g/mol. The van der Waals surface area contributed by atoms with Crippen molar-refractivity contribution in [2.24, 2.45) is 0 Å². The molecule has 1 aromatic heterocycles. The molecule has 1 rings (SSSR count). The SMILES string of the molecule is C=C(Br)CNc1c(N)c(C)nn1C(C)C. The molecule has 0 aliphatic heterocycles. The Labute approximate surface area is 98.7 Å². The first-order valence-electron chi connectivity index (χ1n) is 4.85. The molecule has 0 saturated heterocycles. The highest BCUT2D eigenvalue weighted by atomic mass is 79.9. The Morgan fingerprint density at radius 2 is 2.27 bits per heavy atom. The average Bonchev–Trinajstić information content (AvgIpc) is 2.41. The molecule has 0 aliphatic rings. The van der Waals surface area contributed by atoms with Crippen molar-refractivity contribution >= 4 is 27.4 Å². The number of nitrogen functional groups attached to an aromatic ring is 1. The summed E-state index contributed by atoms with van der Waals surface area (Å²) in [4.78, 5) is 0. The van der Waals surface area contributed by atoms with E-state index in [-0.39, 0.29) is 6.04 Å². The zero-order valence-corrected chi connectivity index (χ0v) is 10.9. The summed E-state index contributed by atoms with van der Waals surface area (Å²) in [5, 5.41) is 7.58. The Kier molecular flexibility index (Phi) is 3.79. The van der Waals surface area contributed by atoms with Gasteiger partial charge in [-0.1, -0.05) is 22.5 Å². The van der Waals surface area contributed by atoms with E-state index in [9.17, 15) is 0 Å². The maximum Gasteiger partial charge on any atom is 0.148 e. The van der Waals surface area contributed by atoms with Gasteiger partial charge in [-0.15, -0.1) is 0 Å². The van der Waals surface area contributed by atoms with Crippen molar-refractivity contribution in [1.82, 2.24) is 9.78 Å². The molecule has 1 aromatic rings. The van der Waals surface area contributed by atoms with Gasteiger partial charge in [0.05, 0.1) is 11.4 Å². The summed E-state index contributed by atoms with van der Waals surface area (Å²) in [6.45, 7) is 10.4. The molecule has 0 atom stereocenters. The fraction of sp³-hybridized carbons (Fsp3) is 0.500. The predicted molar refractivity (Wildman–Crippen MR) is 68.3 cm³/mol. The summed E-state index contributed by atoms with van der Waals surface area (Å²) in [7, 11) is 0. The van der Waals surface area contributed by atoms with Crippen LogP contribution in [0.1, 0.15) is 25.6 Å². The number of hydrogen-bond acceptors (Lipinski definition) is 3. The van der Waals surface area contributed by atoms with Gasteiger partial charge in [-0.3, -0.25) is 0 Å². The van der Waals surface area contributed by atoms with Crippen LogP contribution in [0.5, 0.6) is 0 Å². The fourth-order valence-electron chi connectivity index (χ4n) is 1.29. The fourth-order valence-corrected chi connectivity index (χ4v) is 1.43. The topological polar surface area (TPSA) is 55.9 Å². The van der Waals surface area contributed by atoms with Gasteiger partial charge < -0.3 is 11.1 Å². The van der Waals surface area contributed by atoms with Gasteiger partial charge in [0.25, 0.3) is 0 Å². The van der Waals surface area contributed by atoms with Crippen LogP contribution >= 0.6 is 15.9 Å². The average molecular weight is 273 g/mol. The normalized spacial score (nSPS) is 10.7. The van der Waals surface area contributed by atoms with E-state index < -0.39 is 0 Å². The van der Waals surface area contributed by atoms with Gasteiger partial charge in [0.2, 0.25) is 0 Å². The minimum Gasteiger partial charge on any atom is -0.394 e. The van der Waals surface area contributed by atoms with E-state index in [0.717, 1.165) is 16.0 Å². The number of nitrogens with one attached hydrogen (secondary N) is 1. The predicted octanol–water partition coefficient (Wildman–Crippen LogP) is 2.68. The zero-order chi connectivity index (χ0) is 11.6.